The van der Waals surface area contributed by atoms with E-state index in [2.05, 4.69) is 19.5 Å². The second-order valence-corrected chi connectivity index (χ2v) is 7.56. The van der Waals surface area contributed by atoms with Crippen LogP contribution in [0, 0.1) is 0 Å². The molecule has 1 aliphatic heterocycles. The molecule has 1 rings (SSSR count). The van der Waals surface area contributed by atoms with Crippen molar-refractivity contribution in [3.8, 4) is 0 Å². The number of hydrogen-bond donors (Lipinski definition) is 2. The largest absolute Gasteiger partial charge is 0.330 e. The van der Waals surface area contributed by atoms with Crippen molar-refractivity contribution in [2.24, 2.45) is 0 Å². The van der Waals surface area contributed by atoms with Crippen molar-refractivity contribution in [1.29, 1.82) is 0 Å². The molecule has 16 heavy (non-hydrogen) atoms. The first-order valence-electron chi connectivity index (χ1n) is 5.29. The zero-order chi connectivity index (χ0) is 12.0. The second-order valence-electron chi connectivity index (χ2n) is 3.72. The molecule has 0 aromatic heterocycles. The average Bonchev–Trinajstić information content (AvgIpc) is 2.24. The highest BCUT2D eigenvalue weighted by molar-refractivity contribution is 7.48. The summed E-state index contributed by atoms with van der Waals surface area (Å²) >= 11 is 0. The fraction of sp³-hybridized carbons (Fsp3) is 1.00. The van der Waals surface area contributed by atoms with Gasteiger partial charge in [0.1, 0.15) is 0 Å². The van der Waals surface area contributed by atoms with Crippen LogP contribution in [0.3, 0.4) is 0 Å². The lowest BCUT2D eigenvalue weighted by Crippen LogP contribution is -2.29. The highest BCUT2D eigenvalue weighted by Crippen LogP contribution is 2.37. The number of nitrogens with one attached hydrogen (secondary N) is 2. The monoisotopic (exact) mass is 268 g/mol. The predicted octanol–water partition coefficient (Wildman–Crippen LogP) is 0.789. The first-order valence-corrected chi connectivity index (χ1v) is 7.71. The maximum atomic E-state index is 5.76. The lowest BCUT2D eigenvalue weighted by molar-refractivity contribution is 0.288. The van der Waals surface area contributed by atoms with Crippen LogP contribution in [0.4, 0.5) is 0 Å². The molecule has 2 unspecified atom stereocenters. The summed E-state index contributed by atoms with van der Waals surface area (Å²) < 4.78 is 15.7. The summed E-state index contributed by atoms with van der Waals surface area (Å²) in [4.78, 5) is 0. The van der Waals surface area contributed by atoms with Crippen LogP contribution in [0.25, 0.3) is 0 Å². The Labute approximate surface area is 101 Å². The lowest BCUT2D eigenvalue weighted by atomic mass is 10.8. The molecule has 0 aromatic carbocycles. The van der Waals surface area contributed by atoms with E-state index >= 15 is 0 Å². The van der Waals surface area contributed by atoms with Gasteiger partial charge in [-0.1, -0.05) is 0 Å². The molecule has 0 aliphatic carbocycles. The van der Waals surface area contributed by atoms with E-state index in [1.807, 2.05) is 28.2 Å². The molecule has 0 radical (unpaired) electrons. The Morgan fingerprint density at radius 2 is 1.19 bits per heavy atom. The maximum absolute atomic E-state index is 5.76. The summed E-state index contributed by atoms with van der Waals surface area (Å²) in [6.07, 6.45) is 0. The van der Waals surface area contributed by atoms with Crippen molar-refractivity contribution >= 4 is 16.9 Å². The predicted molar refractivity (Wildman–Crippen MR) is 69.1 cm³/mol. The van der Waals surface area contributed by atoms with Gasteiger partial charge in [-0.25, -0.2) is 0 Å². The minimum absolute atomic E-state index is 0.676. The van der Waals surface area contributed by atoms with Gasteiger partial charge >= 0.3 is 0 Å². The number of nitrogens with zero attached hydrogens (tertiary/aromatic N) is 2. The Balaban J connectivity index is 2.37. The third-order valence-electron chi connectivity index (χ3n) is 1.85. The topological polar surface area (TPSA) is 49.0 Å². The van der Waals surface area contributed by atoms with Crippen molar-refractivity contribution in [3.63, 3.8) is 0 Å². The van der Waals surface area contributed by atoms with Gasteiger partial charge in [-0.3, -0.25) is 19.5 Å². The molecule has 2 atom stereocenters. The molecule has 0 spiro atoms. The number of hydrogen-bond acceptors (Lipinski definition) is 6. The minimum atomic E-state index is -0.676. The molecular formula is C8H22N4O2P2. The molecule has 1 aliphatic rings. The van der Waals surface area contributed by atoms with Gasteiger partial charge in [-0.2, -0.15) is 0 Å². The minimum Gasteiger partial charge on any atom is -0.330 e. The van der Waals surface area contributed by atoms with E-state index in [1.165, 1.54) is 0 Å². The highest BCUT2D eigenvalue weighted by Gasteiger charge is 2.16. The molecular weight excluding hydrogens is 246 g/mol. The Kier molecular flexibility index (Phi) is 7.20. The van der Waals surface area contributed by atoms with Gasteiger partial charge in [-0.15, -0.1) is 0 Å². The van der Waals surface area contributed by atoms with Crippen LogP contribution in [-0.4, -0.2) is 63.8 Å². The Morgan fingerprint density at radius 3 is 1.50 bits per heavy atom. The Bertz CT molecular complexity index is 165. The summed E-state index contributed by atoms with van der Waals surface area (Å²) in [5.41, 5.74) is 0. The van der Waals surface area contributed by atoms with Crippen LogP contribution in [0.1, 0.15) is 0 Å². The van der Waals surface area contributed by atoms with Gasteiger partial charge in [0.25, 0.3) is 0 Å². The maximum Gasteiger partial charge on any atom is 0.184 e. The molecule has 1 fully saturated rings. The lowest BCUT2D eigenvalue weighted by Gasteiger charge is -2.29. The third-order valence-corrected chi connectivity index (χ3v) is 5.15. The quantitative estimate of drug-likeness (QED) is 0.722. The Hall–Kier alpha value is 0.620. The van der Waals surface area contributed by atoms with E-state index < -0.39 is 16.9 Å². The summed E-state index contributed by atoms with van der Waals surface area (Å²) in [5, 5.41) is 6.71. The molecule has 8 heteroatoms. The van der Waals surface area contributed by atoms with E-state index in [0.29, 0.717) is 13.2 Å². The fourth-order valence-electron chi connectivity index (χ4n) is 1.15. The van der Waals surface area contributed by atoms with E-state index in [9.17, 15) is 0 Å². The molecule has 0 saturated carbocycles. The summed E-state index contributed by atoms with van der Waals surface area (Å²) in [6, 6.07) is 0. The van der Waals surface area contributed by atoms with Crippen LogP contribution in [-0.2, 0) is 9.05 Å². The highest BCUT2D eigenvalue weighted by atomic mass is 31.2. The zero-order valence-corrected chi connectivity index (χ0v) is 12.2. The standard InChI is InChI=1S/C8H22N4O2P2/c1-11(2)15-9-5-8-14-16(12(3)4)10-6-7-13-15/h9-10H,5-8H2,1-4H3. The average molecular weight is 268 g/mol. The van der Waals surface area contributed by atoms with Crippen LogP contribution < -0.4 is 10.2 Å². The molecule has 1 saturated heterocycles. The van der Waals surface area contributed by atoms with Gasteiger partial charge in [0.15, 0.2) is 16.9 Å². The van der Waals surface area contributed by atoms with E-state index in [0.717, 1.165) is 13.1 Å². The zero-order valence-electron chi connectivity index (χ0n) is 10.4. The molecule has 0 bridgehead atoms. The van der Waals surface area contributed by atoms with Crippen molar-refractivity contribution in [1.82, 2.24) is 19.5 Å². The molecule has 1 heterocycles. The van der Waals surface area contributed by atoms with E-state index in [1.54, 1.807) is 0 Å². The van der Waals surface area contributed by atoms with Gasteiger partial charge in [0, 0.05) is 13.1 Å². The molecule has 0 aromatic rings. The van der Waals surface area contributed by atoms with Crippen molar-refractivity contribution in [3.05, 3.63) is 0 Å². The SMILES string of the molecule is CN(C)P1NCCOP(N(C)C)NCCO1. The van der Waals surface area contributed by atoms with Crippen molar-refractivity contribution in [2.75, 3.05) is 54.5 Å². The van der Waals surface area contributed by atoms with Crippen LogP contribution in [0.2, 0.25) is 0 Å². The van der Waals surface area contributed by atoms with Crippen molar-refractivity contribution < 1.29 is 9.05 Å². The first-order chi connectivity index (χ1) is 7.61. The van der Waals surface area contributed by atoms with Crippen LogP contribution in [0.15, 0.2) is 0 Å². The summed E-state index contributed by atoms with van der Waals surface area (Å²) in [6.45, 7) is 3.04. The summed E-state index contributed by atoms with van der Waals surface area (Å²) in [5.74, 6) is 0. The number of rotatable bonds is 2. The van der Waals surface area contributed by atoms with E-state index in [4.69, 9.17) is 9.05 Å². The van der Waals surface area contributed by atoms with Crippen LogP contribution >= 0.6 is 16.9 Å². The van der Waals surface area contributed by atoms with E-state index in [-0.39, 0.29) is 0 Å². The molecule has 0 amide bonds. The first kappa shape index (κ1) is 14.7. The van der Waals surface area contributed by atoms with Gasteiger partial charge in [0.2, 0.25) is 0 Å². The summed E-state index contributed by atoms with van der Waals surface area (Å²) in [7, 11) is 6.73. The molecule has 96 valence electrons. The second kappa shape index (κ2) is 7.85. The smallest absolute Gasteiger partial charge is 0.184 e. The van der Waals surface area contributed by atoms with Gasteiger partial charge in [0.05, 0.1) is 13.2 Å². The third kappa shape index (κ3) is 5.30. The normalized spacial score (nSPS) is 29.6. The van der Waals surface area contributed by atoms with Crippen LogP contribution in [0.5, 0.6) is 0 Å². The Morgan fingerprint density at radius 1 is 0.812 bits per heavy atom. The molecule has 6 nitrogen and oxygen atoms in total. The van der Waals surface area contributed by atoms with Crippen molar-refractivity contribution in [2.45, 2.75) is 0 Å². The van der Waals surface area contributed by atoms with Gasteiger partial charge < -0.3 is 9.05 Å². The van der Waals surface area contributed by atoms with Gasteiger partial charge in [-0.05, 0) is 28.2 Å². The fourth-order valence-corrected chi connectivity index (χ4v) is 3.46. The molecule has 2 N–H and O–H groups in total.